The summed E-state index contributed by atoms with van der Waals surface area (Å²) in [7, 11) is 0. The van der Waals surface area contributed by atoms with Crippen molar-refractivity contribution in [2.45, 2.75) is 32.8 Å². The van der Waals surface area contributed by atoms with E-state index in [1.807, 2.05) is 23.6 Å². The van der Waals surface area contributed by atoms with E-state index in [9.17, 15) is 0 Å². The molecule has 1 heterocycles. The number of para-hydroxylation sites is 1. The van der Waals surface area contributed by atoms with E-state index in [0.29, 0.717) is 6.61 Å². The van der Waals surface area contributed by atoms with E-state index in [1.165, 1.54) is 5.56 Å². The maximum atomic E-state index is 8.95. The SMILES string of the molecule is CCc1ccccc1OCCCc1nc(CO)cs1. The minimum Gasteiger partial charge on any atom is -0.493 e. The normalized spacial score (nSPS) is 10.6. The molecule has 0 fully saturated rings. The summed E-state index contributed by atoms with van der Waals surface area (Å²) in [4.78, 5) is 4.32. The Hall–Kier alpha value is -1.39. The second-order valence-corrected chi connectivity index (χ2v) is 5.25. The van der Waals surface area contributed by atoms with Crippen molar-refractivity contribution >= 4 is 11.3 Å². The van der Waals surface area contributed by atoms with Crippen LogP contribution in [-0.2, 0) is 19.4 Å². The number of thiazole rings is 1. The topological polar surface area (TPSA) is 42.4 Å². The Labute approximate surface area is 117 Å². The fraction of sp³-hybridized carbons (Fsp3) is 0.400. The van der Waals surface area contributed by atoms with Gasteiger partial charge in [0.05, 0.1) is 23.9 Å². The van der Waals surface area contributed by atoms with E-state index in [1.54, 1.807) is 11.3 Å². The van der Waals surface area contributed by atoms with Crippen LogP contribution in [0.1, 0.15) is 29.6 Å². The van der Waals surface area contributed by atoms with Crippen LogP contribution in [0.2, 0.25) is 0 Å². The summed E-state index contributed by atoms with van der Waals surface area (Å²) in [5.41, 5.74) is 2.01. The van der Waals surface area contributed by atoms with Crippen molar-refractivity contribution in [3.8, 4) is 5.75 Å². The molecule has 0 aliphatic heterocycles. The number of hydrogen-bond acceptors (Lipinski definition) is 4. The van der Waals surface area contributed by atoms with Gasteiger partial charge in [0.25, 0.3) is 0 Å². The number of aliphatic hydroxyl groups excluding tert-OH is 1. The van der Waals surface area contributed by atoms with Crippen LogP contribution in [0.25, 0.3) is 0 Å². The Morgan fingerprint density at radius 3 is 2.89 bits per heavy atom. The predicted octanol–water partition coefficient (Wildman–Crippen LogP) is 3.21. The molecule has 3 nitrogen and oxygen atoms in total. The van der Waals surface area contributed by atoms with E-state index in [4.69, 9.17) is 9.84 Å². The van der Waals surface area contributed by atoms with Crippen LogP contribution >= 0.6 is 11.3 Å². The first-order valence-electron chi connectivity index (χ1n) is 6.58. The van der Waals surface area contributed by atoms with Crippen molar-refractivity contribution in [2.75, 3.05) is 6.61 Å². The fourth-order valence-electron chi connectivity index (χ4n) is 1.88. The lowest BCUT2D eigenvalue weighted by Crippen LogP contribution is -2.01. The molecule has 0 aliphatic rings. The number of nitrogens with zero attached hydrogens (tertiary/aromatic N) is 1. The highest BCUT2D eigenvalue weighted by Crippen LogP contribution is 2.19. The van der Waals surface area contributed by atoms with Gasteiger partial charge in [0.15, 0.2) is 0 Å². The van der Waals surface area contributed by atoms with Crippen LogP contribution in [-0.4, -0.2) is 16.7 Å². The molecule has 0 amide bonds. The summed E-state index contributed by atoms with van der Waals surface area (Å²) in [6.45, 7) is 2.86. The Morgan fingerprint density at radius 2 is 2.16 bits per heavy atom. The molecule has 0 saturated carbocycles. The first-order chi connectivity index (χ1) is 9.33. The Morgan fingerprint density at radius 1 is 1.32 bits per heavy atom. The number of aliphatic hydroxyl groups is 1. The lowest BCUT2D eigenvalue weighted by atomic mass is 10.1. The molecule has 0 bridgehead atoms. The summed E-state index contributed by atoms with van der Waals surface area (Å²) >= 11 is 1.60. The summed E-state index contributed by atoms with van der Waals surface area (Å²) in [5.74, 6) is 0.986. The Kier molecular flexibility index (Phi) is 5.36. The van der Waals surface area contributed by atoms with E-state index < -0.39 is 0 Å². The van der Waals surface area contributed by atoms with Crippen molar-refractivity contribution in [1.29, 1.82) is 0 Å². The first kappa shape index (κ1) is 14.0. The second-order valence-electron chi connectivity index (χ2n) is 4.30. The maximum absolute atomic E-state index is 8.95. The van der Waals surface area contributed by atoms with Crippen LogP contribution < -0.4 is 4.74 Å². The zero-order valence-electron chi connectivity index (χ0n) is 11.1. The van der Waals surface area contributed by atoms with Gasteiger partial charge in [-0.3, -0.25) is 0 Å². The number of ether oxygens (including phenoxy) is 1. The molecular weight excluding hydrogens is 258 g/mol. The average molecular weight is 277 g/mol. The quantitative estimate of drug-likeness (QED) is 0.790. The predicted molar refractivity (Wildman–Crippen MR) is 77.7 cm³/mol. The van der Waals surface area contributed by atoms with Crippen LogP contribution in [0.4, 0.5) is 0 Å². The highest BCUT2D eigenvalue weighted by Gasteiger charge is 2.03. The number of aryl methyl sites for hydroxylation is 2. The first-order valence-corrected chi connectivity index (χ1v) is 7.46. The molecule has 0 atom stereocenters. The zero-order valence-corrected chi connectivity index (χ0v) is 11.9. The molecule has 2 rings (SSSR count). The zero-order chi connectivity index (χ0) is 13.5. The van der Waals surface area contributed by atoms with Crippen LogP contribution in [0, 0.1) is 0 Å². The molecule has 0 aliphatic carbocycles. The molecule has 0 spiro atoms. The van der Waals surface area contributed by atoms with Crippen molar-refractivity contribution < 1.29 is 9.84 Å². The molecule has 19 heavy (non-hydrogen) atoms. The van der Waals surface area contributed by atoms with Gasteiger partial charge in [-0.1, -0.05) is 25.1 Å². The molecule has 2 aromatic rings. The summed E-state index contributed by atoms with van der Waals surface area (Å²) in [6.07, 6.45) is 2.83. The van der Waals surface area contributed by atoms with Gasteiger partial charge in [0.2, 0.25) is 0 Å². The molecule has 1 aromatic heterocycles. The molecule has 102 valence electrons. The molecule has 0 radical (unpaired) electrons. The number of hydrogen-bond donors (Lipinski definition) is 1. The third-order valence-electron chi connectivity index (χ3n) is 2.91. The van der Waals surface area contributed by atoms with E-state index >= 15 is 0 Å². The van der Waals surface area contributed by atoms with Gasteiger partial charge in [-0.2, -0.15) is 0 Å². The molecule has 4 heteroatoms. The smallest absolute Gasteiger partial charge is 0.122 e. The molecule has 0 unspecified atom stereocenters. The van der Waals surface area contributed by atoms with Gasteiger partial charge in [-0.25, -0.2) is 4.98 Å². The summed E-state index contributed by atoms with van der Waals surface area (Å²) in [5, 5.41) is 11.9. The second kappa shape index (κ2) is 7.26. The van der Waals surface area contributed by atoms with E-state index in [0.717, 1.165) is 35.7 Å². The molecule has 0 saturated heterocycles. The molecule has 1 N–H and O–H groups in total. The average Bonchev–Trinajstić information content (AvgIpc) is 2.92. The van der Waals surface area contributed by atoms with Crippen molar-refractivity contribution in [3.63, 3.8) is 0 Å². The lowest BCUT2D eigenvalue weighted by molar-refractivity contribution is 0.277. The lowest BCUT2D eigenvalue weighted by Gasteiger charge is -2.09. The van der Waals surface area contributed by atoms with Gasteiger partial charge < -0.3 is 9.84 Å². The van der Waals surface area contributed by atoms with Crippen LogP contribution in [0.5, 0.6) is 5.75 Å². The van der Waals surface area contributed by atoms with Gasteiger partial charge in [0.1, 0.15) is 5.75 Å². The highest BCUT2D eigenvalue weighted by atomic mass is 32.1. The molecular formula is C15H19NO2S. The number of benzene rings is 1. The highest BCUT2D eigenvalue weighted by molar-refractivity contribution is 7.09. The standard InChI is InChI=1S/C15H19NO2S/c1-2-12-6-3-4-7-14(12)18-9-5-8-15-16-13(10-17)11-19-15/h3-4,6-7,11,17H,2,5,8-10H2,1H3. The van der Waals surface area contributed by atoms with Gasteiger partial charge in [-0.15, -0.1) is 11.3 Å². The van der Waals surface area contributed by atoms with E-state index in [2.05, 4.69) is 18.0 Å². The van der Waals surface area contributed by atoms with Crippen molar-refractivity contribution in [1.82, 2.24) is 4.98 Å². The third kappa shape index (κ3) is 4.04. The summed E-state index contributed by atoms with van der Waals surface area (Å²) in [6, 6.07) is 8.16. The minimum atomic E-state index is 0.0247. The van der Waals surface area contributed by atoms with Crippen LogP contribution in [0.15, 0.2) is 29.6 Å². The Bertz CT molecular complexity index is 510. The van der Waals surface area contributed by atoms with Gasteiger partial charge in [-0.05, 0) is 24.5 Å². The summed E-state index contributed by atoms with van der Waals surface area (Å²) < 4.78 is 5.81. The third-order valence-corrected chi connectivity index (χ3v) is 3.86. The molecule has 1 aromatic carbocycles. The van der Waals surface area contributed by atoms with Gasteiger partial charge >= 0.3 is 0 Å². The van der Waals surface area contributed by atoms with Gasteiger partial charge in [0, 0.05) is 11.8 Å². The monoisotopic (exact) mass is 277 g/mol. The van der Waals surface area contributed by atoms with Crippen molar-refractivity contribution in [2.24, 2.45) is 0 Å². The minimum absolute atomic E-state index is 0.0247. The van der Waals surface area contributed by atoms with E-state index in [-0.39, 0.29) is 6.61 Å². The fourth-order valence-corrected chi connectivity index (χ4v) is 2.71. The Balaban J connectivity index is 1.77. The largest absolute Gasteiger partial charge is 0.493 e. The number of aromatic nitrogens is 1. The van der Waals surface area contributed by atoms with Crippen molar-refractivity contribution in [3.05, 3.63) is 45.9 Å². The number of rotatable bonds is 7. The van der Waals surface area contributed by atoms with Crippen LogP contribution in [0.3, 0.4) is 0 Å². The maximum Gasteiger partial charge on any atom is 0.122 e.